The van der Waals surface area contributed by atoms with Crippen molar-refractivity contribution in [3.05, 3.63) is 46.0 Å². The number of carbonyl (C=O) groups is 1. The van der Waals surface area contributed by atoms with Crippen molar-refractivity contribution in [1.29, 1.82) is 0 Å². The number of nitrogens with zero attached hydrogens (tertiary/aromatic N) is 3. The van der Waals surface area contributed by atoms with E-state index in [0.29, 0.717) is 19.7 Å². The Kier molecular flexibility index (Phi) is 6.75. The van der Waals surface area contributed by atoms with Gasteiger partial charge in [0.15, 0.2) is 11.5 Å². The maximum Gasteiger partial charge on any atom is 0.286 e. The third-order valence-corrected chi connectivity index (χ3v) is 4.07. The Morgan fingerprint density at radius 2 is 2.15 bits per heavy atom. The van der Waals surface area contributed by atoms with Crippen molar-refractivity contribution in [2.75, 3.05) is 20.3 Å². The van der Waals surface area contributed by atoms with E-state index in [2.05, 4.69) is 10.3 Å². The molecule has 1 aromatic carbocycles. The Balaban J connectivity index is 2.15. The molecule has 0 fully saturated rings. The van der Waals surface area contributed by atoms with Crippen molar-refractivity contribution in [3.8, 4) is 11.5 Å². The number of nitro benzene ring substituents is 1. The highest BCUT2D eigenvalue weighted by Gasteiger charge is 2.25. The van der Waals surface area contributed by atoms with Crippen molar-refractivity contribution in [2.45, 2.75) is 27.3 Å². The zero-order valence-corrected chi connectivity index (χ0v) is 15.9. The zero-order valence-electron chi connectivity index (χ0n) is 15.9. The molecule has 9 heteroatoms. The summed E-state index contributed by atoms with van der Waals surface area (Å²) in [5.74, 6) is 0.979. The molecule has 0 aliphatic carbocycles. The molecular formula is C18H24N4O5. The van der Waals surface area contributed by atoms with Crippen LogP contribution in [-0.2, 0) is 6.54 Å². The predicted octanol–water partition coefficient (Wildman–Crippen LogP) is 2.57. The first-order valence-corrected chi connectivity index (χ1v) is 8.62. The topological polar surface area (TPSA) is 109 Å². The Hall–Kier alpha value is -3.10. The van der Waals surface area contributed by atoms with Crippen LogP contribution in [-0.4, -0.2) is 40.6 Å². The lowest BCUT2D eigenvalue weighted by Gasteiger charge is -2.15. The van der Waals surface area contributed by atoms with Gasteiger partial charge >= 0.3 is 0 Å². The Bertz CT molecular complexity index is 818. The van der Waals surface area contributed by atoms with Gasteiger partial charge in [0.1, 0.15) is 11.4 Å². The SMILES string of the molecule is CCOc1cc(C(=O)NCC(C)Cn2ccnc2C)c([N+](=O)[O-])cc1OC. The summed E-state index contributed by atoms with van der Waals surface area (Å²) in [6.45, 7) is 7.05. The number of nitro groups is 1. The molecule has 0 radical (unpaired) electrons. The minimum Gasteiger partial charge on any atom is -0.493 e. The highest BCUT2D eigenvalue weighted by molar-refractivity contribution is 5.99. The highest BCUT2D eigenvalue weighted by atomic mass is 16.6. The second-order valence-corrected chi connectivity index (χ2v) is 6.15. The number of methoxy groups -OCH3 is 1. The van der Waals surface area contributed by atoms with Crippen LogP contribution in [0.4, 0.5) is 5.69 Å². The minimum atomic E-state index is -0.606. The van der Waals surface area contributed by atoms with Gasteiger partial charge in [-0.2, -0.15) is 0 Å². The average Bonchev–Trinajstić information content (AvgIpc) is 3.04. The van der Waals surface area contributed by atoms with Crippen LogP contribution in [0.25, 0.3) is 0 Å². The number of nitrogens with one attached hydrogen (secondary N) is 1. The number of aryl methyl sites for hydroxylation is 1. The molecular weight excluding hydrogens is 352 g/mol. The van der Waals surface area contributed by atoms with E-state index >= 15 is 0 Å². The fourth-order valence-electron chi connectivity index (χ4n) is 2.67. The molecule has 1 amide bonds. The molecule has 9 nitrogen and oxygen atoms in total. The summed E-state index contributed by atoms with van der Waals surface area (Å²) >= 11 is 0. The summed E-state index contributed by atoms with van der Waals surface area (Å²) in [6, 6.07) is 2.55. The van der Waals surface area contributed by atoms with Crippen molar-refractivity contribution < 1.29 is 19.2 Å². The summed E-state index contributed by atoms with van der Waals surface area (Å²) in [4.78, 5) is 27.5. The fraction of sp³-hybridized carbons (Fsp3) is 0.444. The number of ether oxygens (including phenoxy) is 2. The van der Waals surface area contributed by atoms with Crippen molar-refractivity contribution in [3.63, 3.8) is 0 Å². The minimum absolute atomic E-state index is 0.0599. The first kappa shape index (κ1) is 20.2. The normalized spacial score (nSPS) is 11.7. The van der Waals surface area contributed by atoms with E-state index in [1.807, 2.05) is 24.6 Å². The molecule has 27 heavy (non-hydrogen) atoms. The second kappa shape index (κ2) is 9.02. The molecule has 1 heterocycles. The van der Waals surface area contributed by atoms with Crippen molar-refractivity contribution in [2.24, 2.45) is 5.92 Å². The maximum absolute atomic E-state index is 12.6. The van der Waals surface area contributed by atoms with Crippen LogP contribution < -0.4 is 14.8 Å². The Morgan fingerprint density at radius 3 is 2.70 bits per heavy atom. The van der Waals surface area contributed by atoms with Crippen LogP contribution >= 0.6 is 0 Å². The van der Waals surface area contributed by atoms with E-state index < -0.39 is 10.8 Å². The number of amides is 1. The number of imidazole rings is 1. The molecule has 1 N–H and O–H groups in total. The fourth-order valence-corrected chi connectivity index (χ4v) is 2.67. The van der Waals surface area contributed by atoms with E-state index in [9.17, 15) is 14.9 Å². The van der Waals surface area contributed by atoms with Gasteiger partial charge in [0.2, 0.25) is 0 Å². The van der Waals surface area contributed by atoms with Crippen molar-refractivity contribution in [1.82, 2.24) is 14.9 Å². The van der Waals surface area contributed by atoms with E-state index in [-0.39, 0.29) is 28.7 Å². The maximum atomic E-state index is 12.6. The molecule has 0 saturated heterocycles. The number of hydrogen-bond acceptors (Lipinski definition) is 6. The van der Waals surface area contributed by atoms with Crippen LogP contribution in [0, 0.1) is 23.0 Å². The summed E-state index contributed by atoms with van der Waals surface area (Å²) in [5, 5.41) is 14.1. The second-order valence-electron chi connectivity index (χ2n) is 6.15. The Morgan fingerprint density at radius 1 is 1.41 bits per heavy atom. The monoisotopic (exact) mass is 376 g/mol. The van der Waals surface area contributed by atoms with Crippen LogP contribution in [0.1, 0.15) is 30.0 Å². The first-order chi connectivity index (χ1) is 12.9. The third-order valence-electron chi connectivity index (χ3n) is 4.07. The molecule has 0 aliphatic heterocycles. The van der Waals surface area contributed by atoms with Gasteiger partial charge in [-0.25, -0.2) is 4.98 Å². The van der Waals surface area contributed by atoms with Gasteiger partial charge in [-0.15, -0.1) is 0 Å². The predicted molar refractivity (Wildman–Crippen MR) is 99.3 cm³/mol. The van der Waals surface area contributed by atoms with E-state index in [1.165, 1.54) is 19.2 Å². The van der Waals surface area contributed by atoms with E-state index in [4.69, 9.17) is 9.47 Å². The standard InChI is InChI=1S/C18H24N4O5/c1-5-27-17-8-14(15(22(24)25)9-16(17)26-4)18(23)20-10-12(2)11-21-7-6-19-13(21)3/h6-9,12H,5,10-11H2,1-4H3,(H,20,23). The van der Waals surface area contributed by atoms with Crippen LogP contribution in [0.15, 0.2) is 24.5 Å². The number of aromatic nitrogens is 2. The van der Waals surface area contributed by atoms with Crippen LogP contribution in [0.3, 0.4) is 0 Å². The lowest BCUT2D eigenvalue weighted by molar-refractivity contribution is -0.385. The van der Waals surface area contributed by atoms with Gasteiger partial charge in [0.25, 0.3) is 11.6 Å². The lowest BCUT2D eigenvalue weighted by atomic mass is 10.1. The Labute approximate surface area is 157 Å². The largest absolute Gasteiger partial charge is 0.493 e. The molecule has 0 bridgehead atoms. The van der Waals surface area contributed by atoms with Crippen LogP contribution in [0.5, 0.6) is 11.5 Å². The summed E-state index contributed by atoms with van der Waals surface area (Å²) in [6.07, 6.45) is 3.59. The van der Waals surface area contributed by atoms with Gasteiger partial charge in [-0.05, 0) is 19.8 Å². The zero-order chi connectivity index (χ0) is 20.0. The molecule has 146 valence electrons. The quantitative estimate of drug-likeness (QED) is 0.532. The number of rotatable bonds is 9. The van der Waals surface area contributed by atoms with Gasteiger partial charge in [-0.1, -0.05) is 6.92 Å². The van der Waals surface area contributed by atoms with Gasteiger partial charge in [-0.3, -0.25) is 14.9 Å². The smallest absolute Gasteiger partial charge is 0.286 e. The molecule has 1 unspecified atom stereocenters. The highest BCUT2D eigenvalue weighted by Crippen LogP contribution is 2.34. The van der Waals surface area contributed by atoms with E-state index in [1.54, 1.807) is 13.1 Å². The van der Waals surface area contributed by atoms with Crippen molar-refractivity contribution >= 4 is 11.6 Å². The first-order valence-electron chi connectivity index (χ1n) is 8.62. The molecule has 1 atom stereocenters. The van der Waals surface area contributed by atoms with Crippen LogP contribution in [0.2, 0.25) is 0 Å². The molecule has 0 aliphatic rings. The number of hydrogen-bond donors (Lipinski definition) is 1. The van der Waals surface area contributed by atoms with Gasteiger partial charge in [0, 0.05) is 31.5 Å². The molecule has 2 rings (SSSR count). The molecule has 2 aromatic rings. The summed E-state index contributed by atoms with van der Waals surface area (Å²) < 4.78 is 12.5. The molecule has 1 aromatic heterocycles. The molecule has 0 spiro atoms. The number of carbonyl (C=O) groups excluding carboxylic acids is 1. The number of benzene rings is 1. The summed E-state index contributed by atoms with van der Waals surface area (Å²) in [7, 11) is 1.39. The third kappa shape index (κ3) is 4.96. The molecule has 0 saturated carbocycles. The van der Waals surface area contributed by atoms with Gasteiger partial charge in [0.05, 0.1) is 24.7 Å². The average molecular weight is 376 g/mol. The van der Waals surface area contributed by atoms with E-state index in [0.717, 1.165) is 5.82 Å². The summed E-state index contributed by atoms with van der Waals surface area (Å²) in [5.41, 5.74) is -0.388. The lowest BCUT2D eigenvalue weighted by Crippen LogP contribution is -2.30. The van der Waals surface area contributed by atoms with Gasteiger partial charge < -0.3 is 19.4 Å².